The Labute approximate surface area is 116 Å². The Morgan fingerprint density at radius 1 is 1.11 bits per heavy atom. The Hall–Kier alpha value is -1.32. The van der Waals surface area contributed by atoms with E-state index in [2.05, 4.69) is 22.0 Å². The monoisotopic (exact) mass is 305 g/mol. The first-order valence-electron chi connectivity index (χ1n) is 5.92. The maximum Gasteiger partial charge on any atom is 0.131 e. The van der Waals surface area contributed by atoms with E-state index in [1.807, 2.05) is 43.3 Å². The van der Waals surface area contributed by atoms with Crippen LogP contribution in [0, 0.1) is 6.92 Å². The van der Waals surface area contributed by atoms with Gasteiger partial charge in [0, 0.05) is 4.47 Å². The molecule has 0 unspecified atom stereocenters. The van der Waals surface area contributed by atoms with Crippen molar-refractivity contribution in [2.75, 3.05) is 6.54 Å². The highest BCUT2D eigenvalue weighted by Crippen LogP contribution is 2.30. The first-order valence-corrected chi connectivity index (χ1v) is 6.72. The number of halogens is 1. The molecular weight excluding hydrogens is 290 g/mol. The summed E-state index contributed by atoms with van der Waals surface area (Å²) in [6.45, 7) is 2.66. The summed E-state index contributed by atoms with van der Waals surface area (Å²) in [5.41, 5.74) is 7.86. The van der Waals surface area contributed by atoms with Gasteiger partial charge in [0.1, 0.15) is 11.5 Å². The molecule has 0 aliphatic carbocycles. The lowest BCUT2D eigenvalue weighted by atomic mass is 10.1. The van der Waals surface area contributed by atoms with Crippen LogP contribution in [0.5, 0.6) is 11.5 Å². The van der Waals surface area contributed by atoms with E-state index < -0.39 is 0 Å². The summed E-state index contributed by atoms with van der Waals surface area (Å²) in [6, 6.07) is 14.0. The first-order chi connectivity index (χ1) is 8.70. The molecule has 0 bridgehead atoms. The van der Waals surface area contributed by atoms with Gasteiger partial charge in [-0.1, -0.05) is 40.2 Å². The topological polar surface area (TPSA) is 35.2 Å². The Balaban J connectivity index is 2.30. The molecule has 2 rings (SSSR count). The second-order valence-corrected chi connectivity index (χ2v) is 5.07. The minimum Gasteiger partial charge on any atom is -0.457 e. The van der Waals surface area contributed by atoms with Crippen molar-refractivity contribution in [3.05, 3.63) is 58.1 Å². The van der Waals surface area contributed by atoms with E-state index in [4.69, 9.17) is 10.5 Å². The Morgan fingerprint density at radius 2 is 1.89 bits per heavy atom. The van der Waals surface area contributed by atoms with Gasteiger partial charge in [0.15, 0.2) is 0 Å². The number of ether oxygens (including phenoxy) is 1. The van der Waals surface area contributed by atoms with Crippen molar-refractivity contribution in [2.24, 2.45) is 5.73 Å². The summed E-state index contributed by atoms with van der Waals surface area (Å²) < 4.78 is 7.00. The molecule has 0 amide bonds. The predicted molar refractivity (Wildman–Crippen MR) is 78.2 cm³/mol. The number of benzene rings is 2. The van der Waals surface area contributed by atoms with Crippen molar-refractivity contribution in [3.63, 3.8) is 0 Å². The molecule has 0 saturated heterocycles. The fourth-order valence-electron chi connectivity index (χ4n) is 1.77. The van der Waals surface area contributed by atoms with Crippen LogP contribution in [0.1, 0.15) is 11.1 Å². The van der Waals surface area contributed by atoms with Gasteiger partial charge < -0.3 is 10.5 Å². The molecule has 0 saturated carbocycles. The Kier molecular flexibility index (Phi) is 4.39. The minimum absolute atomic E-state index is 0.623. The standard InChI is InChI=1S/C15H16BrNO/c1-11-6-7-13(16)10-15(11)18-14-5-3-2-4-12(14)8-9-17/h2-7,10H,8-9,17H2,1H3. The predicted octanol–water partition coefficient (Wildman–Crippen LogP) is 4.05. The zero-order chi connectivity index (χ0) is 13.0. The van der Waals surface area contributed by atoms with Crippen molar-refractivity contribution in [1.82, 2.24) is 0 Å². The minimum atomic E-state index is 0.623. The maximum atomic E-state index is 5.99. The van der Waals surface area contributed by atoms with Gasteiger partial charge in [-0.2, -0.15) is 0 Å². The van der Waals surface area contributed by atoms with E-state index in [0.29, 0.717) is 6.54 Å². The number of para-hydroxylation sites is 1. The first kappa shape index (κ1) is 13.1. The van der Waals surface area contributed by atoms with Crippen LogP contribution in [-0.4, -0.2) is 6.54 Å². The number of nitrogens with two attached hydrogens (primary N) is 1. The highest BCUT2D eigenvalue weighted by Gasteiger charge is 2.06. The van der Waals surface area contributed by atoms with E-state index >= 15 is 0 Å². The van der Waals surface area contributed by atoms with Gasteiger partial charge >= 0.3 is 0 Å². The fourth-order valence-corrected chi connectivity index (χ4v) is 2.11. The van der Waals surface area contributed by atoms with Gasteiger partial charge in [-0.05, 0) is 49.2 Å². The van der Waals surface area contributed by atoms with Crippen LogP contribution in [0.15, 0.2) is 46.9 Å². The van der Waals surface area contributed by atoms with Crippen LogP contribution in [0.4, 0.5) is 0 Å². The van der Waals surface area contributed by atoms with Crippen LogP contribution >= 0.6 is 15.9 Å². The van der Waals surface area contributed by atoms with Gasteiger partial charge in [0.25, 0.3) is 0 Å². The molecule has 0 heterocycles. The van der Waals surface area contributed by atoms with Crippen molar-refractivity contribution >= 4 is 15.9 Å². The number of rotatable bonds is 4. The molecule has 0 aliphatic heterocycles. The lowest BCUT2D eigenvalue weighted by molar-refractivity contribution is 0.472. The lowest BCUT2D eigenvalue weighted by Gasteiger charge is -2.12. The number of aryl methyl sites for hydroxylation is 1. The molecule has 18 heavy (non-hydrogen) atoms. The summed E-state index contributed by atoms with van der Waals surface area (Å²) >= 11 is 3.46. The van der Waals surface area contributed by atoms with Crippen molar-refractivity contribution in [3.8, 4) is 11.5 Å². The molecular formula is C15H16BrNO. The summed E-state index contributed by atoms with van der Waals surface area (Å²) in [6.07, 6.45) is 0.823. The van der Waals surface area contributed by atoms with Gasteiger partial charge in [-0.3, -0.25) is 0 Å². The molecule has 2 nitrogen and oxygen atoms in total. The molecule has 0 atom stereocenters. The van der Waals surface area contributed by atoms with Gasteiger partial charge in [-0.25, -0.2) is 0 Å². The average molecular weight is 306 g/mol. The normalized spacial score (nSPS) is 10.4. The van der Waals surface area contributed by atoms with Crippen molar-refractivity contribution in [2.45, 2.75) is 13.3 Å². The van der Waals surface area contributed by atoms with Crippen LogP contribution in [0.2, 0.25) is 0 Å². The SMILES string of the molecule is Cc1ccc(Br)cc1Oc1ccccc1CCN. The summed E-state index contributed by atoms with van der Waals surface area (Å²) in [5, 5.41) is 0. The highest BCUT2D eigenvalue weighted by molar-refractivity contribution is 9.10. The third kappa shape index (κ3) is 3.12. The average Bonchev–Trinajstić information content (AvgIpc) is 2.36. The molecule has 2 N–H and O–H groups in total. The number of hydrogen-bond acceptors (Lipinski definition) is 2. The van der Waals surface area contributed by atoms with E-state index in [1.165, 1.54) is 0 Å². The molecule has 3 heteroatoms. The van der Waals surface area contributed by atoms with E-state index in [9.17, 15) is 0 Å². The van der Waals surface area contributed by atoms with E-state index in [0.717, 1.165) is 33.5 Å². The highest BCUT2D eigenvalue weighted by atomic mass is 79.9. The third-order valence-corrected chi connectivity index (χ3v) is 3.25. The van der Waals surface area contributed by atoms with E-state index in [-0.39, 0.29) is 0 Å². The third-order valence-electron chi connectivity index (χ3n) is 2.76. The molecule has 0 spiro atoms. The second-order valence-electron chi connectivity index (χ2n) is 4.16. The smallest absolute Gasteiger partial charge is 0.131 e. The van der Waals surface area contributed by atoms with Crippen LogP contribution < -0.4 is 10.5 Å². The zero-order valence-corrected chi connectivity index (χ0v) is 11.9. The summed E-state index contributed by atoms with van der Waals surface area (Å²) in [5.74, 6) is 1.75. The van der Waals surface area contributed by atoms with Gasteiger partial charge in [0.2, 0.25) is 0 Å². The summed E-state index contributed by atoms with van der Waals surface area (Å²) in [4.78, 5) is 0. The Morgan fingerprint density at radius 3 is 2.67 bits per heavy atom. The molecule has 0 radical (unpaired) electrons. The molecule has 94 valence electrons. The fraction of sp³-hybridized carbons (Fsp3) is 0.200. The van der Waals surface area contributed by atoms with Crippen LogP contribution in [-0.2, 0) is 6.42 Å². The van der Waals surface area contributed by atoms with Gasteiger partial charge in [-0.15, -0.1) is 0 Å². The van der Waals surface area contributed by atoms with Crippen LogP contribution in [0.3, 0.4) is 0 Å². The number of hydrogen-bond donors (Lipinski definition) is 1. The van der Waals surface area contributed by atoms with Crippen LogP contribution in [0.25, 0.3) is 0 Å². The molecule has 0 fully saturated rings. The quantitative estimate of drug-likeness (QED) is 0.925. The molecule has 2 aromatic rings. The second kappa shape index (κ2) is 6.03. The van der Waals surface area contributed by atoms with Crippen molar-refractivity contribution < 1.29 is 4.74 Å². The molecule has 0 aromatic heterocycles. The van der Waals surface area contributed by atoms with E-state index in [1.54, 1.807) is 0 Å². The Bertz CT molecular complexity index is 540. The lowest BCUT2D eigenvalue weighted by Crippen LogP contribution is -2.04. The largest absolute Gasteiger partial charge is 0.457 e. The molecule has 2 aromatic carbocycles. The maximum absolute atomic E-state index is 5.99. The summed E-state index contributed by atoms with van der Waals surface area (Å²) in [7, 11) is 0. The van der Waals surface area contributed by atoms with Crippen molar-refractivity contribution in [1.29, 1.82) is 0 Å². The van der Waals surface area contributed by atoms with Gasteiger partial charge in [0.05, 0.1) is 0 Å². The zero-order valence-electron chi connectivity index (χ0n) is 10.3. The molecule has 0 aliphatic rings.